The molecule has 0 saturated heterocycles. The van der Waals surface area contributed by atoms with E-state index in [0.717, 1.165) is 89.9 Å². The van der Waals surface area contributed by atoms with Gasteiger partial charge in [-0.2, -0.15) is 0 Å². The number of hydrogen-bond donors (Lipinski definition) is 1. The van der Waals surface area contributed by atoms with Crippen molar-refractivity contribution in [2.24, 2.45) is 0 Å². The molecule has 2 unspecified atom stereocenters. The molecule has 0 bridgehead atoms. The second kappa shape index (κ2) is 63.2. The normalized spacial score (nSPS) is 13.7. The molecule has 0 amide bonds. The van der Waals surface area contributed by atoms with Gasteiger partial charge in [0.2, 0.25) is 0 Å². The summed E-state index contributed by atoms with van der Waals surface area (Å²) in [5, 5.41) is 9.73. The van der Waals surface area contributed by atoms with Crippen molar-refractivity contribution in [3.63, 3.8) is 0 Å². The van der Waals surface area contributed by atoms with Gasteiger partial charge in [0.1, 0.15) is 13.2 Å². The van der Waals surface area contributed by atoms with E-state index in [4.69, 9.17) is 18.9 Å². The molecule has 9 heteroatoms. The predicted molar refractivity (Wildman–Crippen MR) is 354 cm³/mol. The maximum atomic E-state index is 12.9. The molecule has 0 aliphatic carbocycles. The fraction of sp³-hybridized carbons (Fsp3) is 0.635. The van der Waals surface area contributed by atoms with Gasteiger partial charge in [-0.3, -0.25) is 9.59 Å². The lowest BCUT2D eigenvalue weighted by atomic mass is 10.0. The Balaban J connectivity index is 4.30. The van der Waals surface area contributed by atoms with E-state index < -0.39 is 24.3 Å². The molecular weight excluding hydrogens is 1030 g/mol. The van der Waals surface area contributed by atoms with Crippen LogP contribution in [0.3, 0.4) is 0 Å². The maximum absolute atomic E-state index is 12.9. The highest BCUT2D eigenvalue weighted by Crippen LogP contribution is 2.15. The van der Waals surface area contributed by atoms with Gasteiger partial charge in [0.25, 0.3) is 6.29 Å². The topological polar surface area (TPSA) is 108 Å². The number of aliphatic carboxylic acids is 1. The highest BCUT2D eigenvalue weighted by molar-refractivity contribution is 5.71. The standard InChI is InChI=1S/C74H121NO8/c1-6-8-10-12-14-16-18-20-22-24-26-28-30-32-34-36-38-40-42-44-46-48-50-52-54-56-58-60-62-64-71(76)81-68-70(69-82-74(73(78)79)80-67-66-75(3,4)5)83-72(77)65-63-61-59-57-55-53-51-49-47-45-43-41-39-37-35-33-31-29-27-25-23-21-19-17-15-13-11-9-7-2/h9,11,15,17-18,20-21,23-24,26-27,29-30,32-33,35,39,41,45,47,51,53,57,59,70,74H,6-8,10,12-14,16,19,22,25,28,31,34,36-38,40,42-44,46,48-50,52,54-56,58,60-69H2,1-5H3/p+1/b11-9-,17-15-,20-18-,23-21-,26-24-,29-27-,32-30-,35-33-,41-39-,47-45-,53-51-,59-57-. The Hall–Kier alpha value is -4.83. The van der Waals surface area contributed by atoms with Crippen molar-refractivity contribution in [2.45, 2.75) is 257 Å². The number of carbonyl (C=O) groups excluding carboxylic acids is 2. The van der Waals surface area contributed by atoms with Crippen LogP contribution in [0.5, 0.6) is 0 Å². The first-order chi connectivity index (χ1) is 40.6. The van der Waals surface area contributed by atoms with Crippen molar-refractivity contribution < 1.29 is 42.9 Å². The Morgan fingerprint density at radius 3 is 1.06 bits per heavy atom. The zero-order valence-electron chi connectivity index (χ0n) is 53.5. The van der Waals surface area contributed by atoms with Gasteiger partial charge in [-0.1, -0.05) is 262 Å². The predicted octanol–water partition coefficient (Wildman–Crippen LogP) is 20.3. The number of hydrogen-bond acceptors (Lipinski definition) is 7. The zero-order valence-corrected chi connectivity index (χ0v) is 53.5. The van der Waals surface area contributed by atoms with Gasteiger partial charge in [-0.15, -0.1) is 0 Å². The van der Waals surface area contributed by atoms with Crippen LogP contribution in [0.25, 0.3) is 0 Å². The van der Waals surface area contributed by atoms with Crippen molar-refractivity contribution >= 4 is 17.9 Å². The minimum atomic E-state index is -1.54. The molecule has 0 saturated carbocycles. The highest BCUT2D eigenvalue weighted by Gasteiger charge is 2.25. The number of quaternary nitrogens is 1. The summed E-state index contributed by atoms with van der Waals surface area (Å²) in [5.74, 6) is -2.10. The quantitative estimate of drug-likeness (QED) is 0.0211. The van der Waals surface area contributed by atoms with Crippen LogP contribution in [-0.2, 0) is 33.3 Å². The number of carboxylic acid groups (broad SMARTS) is 1. The summed E-state index contributed by atoms with van der Waals surface area (Å²) in [7, 11) is 5.94. The Morgan fingerprint density at radius 2 is 0.699 bits per heavy atom. The number of likely N-dealkylation sites (N-methyl/N-ethyl adjacent to an activating group) is 1. The molecule has 0 fully saturated rings. The lowest BCUT2D eigenvalue weighted by molar-refractivity contribution is -0.870. The van der Waals surface area contributed by atoms with E-state index in [1.54, 1.807) is 0 Å². The summed E-state index contributed by atoms with van der Waals surface area (Å²) in [5.41, 5.74) is 0. The van der Waals surface area contributed by atoms with Gasteiger partial charge in [0.05, 0.1) is 34.4 Å². The number of esters is 2. The summed E-state index contributed by atoms with van der Waals surface area (Å²) in [6.07, 6.45) is 89.5. The van der Waals surface area contributed by atoms with Gasteiger partial charge in [0, 0.05) is 12.8 Å². The third kappa shape index (κ3) is 64.6. The van der Waals surface area contributed by atoms with E-state index in [1.165, 1.54) is 116 Å². The van der Waals surface area contributed by atoms with Crippen LogP contribution in [0.15, 0.2) is 146 Å². The average Bonchev–Trinajstić information content (AvgIpc) is 3.46. The Bertz CT molecular complexity index is 1870. The SMILES string of the molecule is CC/C=C\C/C=C\C/C=C\C/C=C\C/C=C\C/C=C\C/C=C\C/C=C\C/C=C\CCCC(=O)OC(COC(=O)CCCCCCCCCCCCCCCC/C=C\C/C=C\C/C=C\CCCCCCC)COC(OCC[N+](C)(C)C)C(=O)O. The molecule has 0 rings (SSSR count). The minimum absolute atomic E-state index is 0.169. The van der Waals surface area contributed by atoms with Gasteiger partial charge in [-0.25, -0.2) is 4.79 Å². The van der Waals surface area contributed by atoms with Gasteiger partial charge >= 0.3 is 17.9 Å². The monoisotopic (exact) mass is 1150 g/mol. The van der Waals surface area contributed by atoms with Crippen LogP contribution in [0.4, 0.5) is 0 Å². The van der Waals surface area contributed by atoms with E-state index in [-0.39, 0.29) is 38.6 Å². The second-order valence-electron chi connectivity index (χ2n) is 22.7. The molecule has 0 heterocycles. The summed E-state index contributed by atoms with van der Waals surface area (Å²) >= 11 is 0. The van der Waals surface area contributed by atoms with Crippen LogP contribution in [-0.4, -0.2) is 87.4 Å². The summed E-state index contributed by atoms with van der Waals surface area (Å²) in [6.45, 7) is 4.68. The average molecular weight is 1150 g/mol. The first-order valence-electron chi connectivity index (χ1n) is 33.0. The third-order valence-corrected chi connectivity index (χ3v) is 13.6. The summed E-state index contributed by atoms with van der Waals surface area (Å²) in [4.78, 5) is 37.5. The number of rotatable bonds is 59. The van der Waals surface area contributed by atoms with Gasteiger partial charge < -0.3 is 28.5 Å². The molecular formula is C74H122NO8+. The van der Waals surface area contributed by atoms with E-state index in [0.29, 0.717) is 23.9 Å². The van der Waals surface area contributed by atoms with Crippen LogP contribution in [0.1, 0.15) is 245 Å². The number of unbranched alkanes of at least 4 members (excludes halogenated alkanes) is 20. The summed E-state index contributed by atoms with van der Waals surface area (Å²) < 4.78 is 22.9. The Morgan fingerprint density at radius 1 is 0.373 bits per heavy atom. The maximum Gasteiger partial charge on any atom is 0.361 e. The number of carboxylic acids is 1. The first kappa shape index (κ1) is 78.2. The molecule has 0 aromatic carbocycles. The largest absolute Gasteiger partial charge is 0.477 e. The number of carbonyl (C=O) groups is 3. The molecule has 0 aromatic rings. The molecule has 83 heavy (non-hydrogen) atoms. The molecule has 0 spiro atoms. The molecule has 470 valence electrons. The van der Waals surface area contributed by atoms with Crippen LogP contribution in [0.2, 0.25) is 0 Å². The van der Waals surface area contributed by atoms with E-state index in [2.05, 4.69) is 160 Å². The van der Waals surface area contributed by atoms with Crippen molar-refractivity contribution in [3.05, 3.63) is 146 Å². The van der Waals surface area contributed by atoms with Crippen molar-refractivity contribution in [1.82, 2.24) is 0 Å². The Kier molecular flexibility index (Phi) is 59.5. The third-order valence-electron chi connectivity index (χ3n) is 13.6. The van der Waals surface area contributed by atoms with Crippen molar-refractivity contribution in [3.8, 4) is 0 Å². The van der Waals surface area contributed by atoms with Gasteiger partial charge in [0.15, 0.2) is 6.10 Å². The molecule has 0 radical (unpaired) electrons. The highest BCUT2D eigenvalue weighted by atomic mass is 16.7. The number of allylic oxidation sites excluding steroid dienone is 24. The summed E-state index contributed by atoms with van der Waals surface area (Å²) in [6, 6.07) is 0. The van der Waals surface area contributed by atoms with E-state index >= 15 is 0 Å². The van der Waals surface area contributed by atoms with Crippen molar-refractivity contribution in [1.29, 1.82) is 0 Å². The lowest BCUT2D eigenvalue weighted by Gasteiger charge is -2.25. The molecule has 1 N–H and O–H groups in total. The smallest absolute Gasteiger partial charge is 0.361 e. The zero-order chi connectivity index (χ0) is 60.5. The fourth-order valence-electron chi connectivity index (χ4n) is 8.55. The Labute approximate surface area is 509 Å². The van der Waals surface area contributed by atoms with Crippen LogP contribution >= 0.6 is 0 Å². The van der Waals surface area contributed by atoms with E-state index in [1.807, 2.05) is 21.1 Å². The molecule has 9 nitrogen and oxygen atoms in total. The first-order valence-corrected chi connectivity index (χ1v) is 33.0. The van der Waals surface area contributed by atoms with Crippen molar-refractivity contribution in [2.75, 3.05) is 47.5 Å². The number of nitrogens with zero attached hydrogens (tertiary/aromatic N) is 1. The minimum Gasteiger partial charge on any atom is -0.477 e. The fourth-order valence-corrected chi connectivity index (χ4v) is 8.55. The molecule has 0 aliphatic heterocycles. The molecule has 2 atom stereocenters. The molecule has 0 aromatic heterocycles. The van der Waals surface area contributed by atoms with Crippen LogP contribution in [0, 0.1) is 0 Å². The lowest BCUT2D eigenvalue weighted by Crippen LogP contribution is -2.40. The van der Waals surface area contributed by atoms with Crippen LogP contribution < -0.4 is 0 Å². The van der Waals surface area contributed by atoms with E-state index in [9.17, 15) is 19.5 Å². The second-order valence-corrected chi connectivity index (χ2v) is 22.7. The molecule has 0 aliphatic rings. The van der Waals surface area contributed by atoms with Gasteiger partial charge in [-0.05, 0) is 116 Å². The number of ether oxygens (including phenoxy) is 4.